The van der Waals surface area contributed by atoms with E-state index in [4.69, 9.17) is 10.00 Å². The number of carbonyl (C=O) groups excluding carboxylic acids is 1. The predicted octanol–water partition coefficient (Wildman–Crippen LogP) is 1.94. The Morgan fingerprint density at radius 1 is 1.39 bits per heavy atom. The highest BCUT2D eigenvalue weighted by Gasteiger charge is 2.27. The van der Waals surface area contributed by atoms with Crippen LogP contribution in [0.4, 0.5) is 4.79 Å². The fourth-order valence-corrected chi connectivity index (χ4v) is 2.10. The topological polar surface area (TPSA) is 74.2 Å². The minimum Gasteiger partial charge on any atom is -0.444 e. The van der Waals surface area contributed by atoms with E-state index in [2.05, 4.69) is 16.7 Å². The van der Waals surface area contributed by atoms with E-state index in [0.29, 0.717) is 12.5 Å². The van der Waals surface area contributed by atoms with Crippen LogP contribution >= 0.6 is 0 Å². The molecule has 2 atom stereocenters. The molecule has 18 heavy (non-hydrogen) atoms. The molecule has 0 bridgehead atoms. The van der Waals surface area contributed by atoms with Gasteiger partial charge in [0.1, 0.15) is 5.60 Å². The maximum atomic E-state index is 11.6. The first kappa shape index (κ1) is 14.8. The number of nitrogens with zero attached hydrogens (tertiary/aromatic N) is 1. The molecule has 0 spiro atoms. The summed E-state index contributed by atoms with van der Waals surface area (Å²) in [5.74, 6) is 0. The van der Waals surface area contributed by atoms with Crippen LogP contribution in [-0.4, -0.2) is 30.3 Å². The molecule has 5 nitrogen and oxygen atoms in total. The van der Waals surface area contributed by atoms with Gasteiger partial charge in [0.05, 0.1) is 6.07 Å². The van der Waals surface area contributed by atoms with Crippen molar-refractivity contribution >= 4 is 6.09 Å². The number of hydrogen-bond donors (Lipinski definition) is 2. The Hall–Kier alpha value is -1.28. The van der Waals surface area contributed by atoms with E-state index < -0.39 is 5.60 Å². The van der Waals surface area contributed by atoms with Crippen LogP contribution in [0.1, 0.15) is 46.5 Å². The molecule has 2 N–H and O–H groups in total. The molecule has 5 heteroatoms. The molecule has 0 heterocycles. The maximum absolute atomic E-state index is 11.6. The summed E-state index contributed by atoms with van der Waals surface area (Å²) in [5.41, 5.74) is -0.451. The van der Waals surface area contributed by atoms with Gasteiger partial charge in [-0.05, 0) is 40.0 Å². The zero-order valence-corrected chi connectivity index (χ0v) is 11.5. The van der Waals surface area contributed by atoms with E-state index in [1.165, 1.54) is 0 Å². The molecule has 1 rings (SSSR count). The van der Waals surface area contributed by atoms with Gasteiger partial charge in [-0.1, -0.05) is 0 Å². The first-order valence-corrected chi connectivity index (χ1v) is 6.50. The normalized spacial score (nSPS) is 23.4. The van der Waals surface area contributed by atoms with Crippen molar-refractivity contribution < 1.29 is 9.53 Å². The number of hydrogen-bond acceptors (Lipinski definition) is 4. The van der Waals surface area contributed by atoms with Crippen molar-refractivity contribution in [3.63, 3.8) is 0 Å². The molecule has 0 saturated heterocycles. The van der Waals surface area contributed by atoms with Crippen molar-refractivity contribution in [1.82, 2.24) is 10.6 Å². The van der Waals surface area contributed by atoms with Crippen molar-refractivity contribution in [3.8, 4) is 6.07 Å². The third kappa shape index (κ3) is 5.87. The summed E-state index contributed by atoms with van der Waals surface area (Å²) in [6, 6.07) is 2.69. The summed E-state index contributed by atoms with van der Waals surface area (Å²) in [5, 5.41) is 14.7. The van der Waals surface area contributed by atoms with Crippen LogP contribution in [0.3, 0.4) is 0 Å². The molecule has 102 valence electrons. The largest absolute Gasteiger partial charge is 0.444 e. The molecular formula is C13H23N3O2. The molecule has 0 aromatic carbocycles. The average Bonchev–Trinajstić information content (AvgIpc) is 2.63. The van der Waals surface area contributed by atoms with Gasteiger partial charge < -0.3 is 15.4 Å². The molecule has 1 fully saturated rings. The number of nitriles is 1. The molecule has 1 aliphatic rings. The minimum atomic E-state index is -0.451. The van der Waals surface area contributed by atoms with Gasteiger partial charge in [-0.15, -0.1) is 0 Å². The van der Waals surface area contributed by atoms with Gasteiger partial charge in [0.15, 0.2) is 0 Å². The second-order valence-corrected chi connectivity index (χ2v) is 5.72. The number of rotatable bonds is 4. The summed E-state index contributed by atoms with van der Waals surface area (Å²) in [7, 11) is 0. The van der Waals surface area contributed by atoms with E-state index in [-0.39, 0.29) is 12.1 Å². The van der Waals surface area contributed by atoms with Gasteiger partial charge in [0.2, 0.25) is 0 Å². The Labute approximate surface area is 109 Å². The second-order valence-electron chi connectivity index (χ2n) is 5.72. The lowest BCUT2D eigenvalue weighted by Gasteiger charge is -2.21. The monoisotopic (exact) mass is 253 g/mol. The van der Waals surface area contributed by atoms with Gasteiger partial charge >= 0.3 is 6.09 Å². The Morgan fingerprint density at radius 2 is 2.06 bits per heavy atom. The van der Waals surface area contributed by atoms with Crippen LogP contribution in [0.15, 0.2) is 0 Å². The lowest BCUT2D eigenvalue weighted by molar-refractivity contribution is 0.0505. The molecule has 1 amide bonds. The quantitative estimate of drug-likeness (QED) is 0.751. The van der Waals surface area contributed by atoms with E-state index >= 15 is 0 Å². The second kappa shape index (κ2) is 6.60. The number of alkyl carbamates (subject to hydrolysis) is 1. The van der Waals surface area contributed by atoms with Crippen LogP contribution in [0.5, 0.6) is 0 Å². The SMILES string of the molecule is CC(C)(C)OC(=O)NC1CCC(NCCC#N)C1. The molecule has 0 aromatic rings. The average molecular weight is 253 g/mol. The predicted molar refractivity (Wildman–Crippen MR) is 69.0 cm³/mol. The van der Waals surface area contributed by atoms with Crippen LogP contribution in [-0.2, 0) is 4.74 Å². The van der Waals surface area contributed by atoms with Gasteiger partial charge in [0.25, 0.3) is 0 Å². The third-order valence-corrected chi connectivity index (χ3v) is 2.82. The lowest BCUT2D eigenvalue weighted by Crippen LogP contribution is -2.39. The minimum absolute atomic E-state index is 0.180. The summed E-state index contributed by atoms with van der Waals surface area (Å²) < 4.78 is 5.22. The number of carbonyl (C=O) groups is 1. The molecular weight excluding hydrogens is 230 g/mol. The Bertz CT molecular complexity index is 317. The highest BCUT2D eigenvalue weighted by Crippen LogP contribution is 2.19. The van der Waals surface area contributed by atoms with Crippen molar-refractivity contribution in [2.24, 2.45) is 0 Å². The van der Waals surface area contributed by atoms with E-state index in [0.717, 1.165) is 25.8 Å². The lowest BCUT2D eigenvalue weighted by atomic mass is 10.2. The van der Waals surface area contributed by atoms with Crippen molar-refractivity contribution in [1.29, 1.82) is 5.26 Å². The molecule has 0 radical (unpaired) electrons. The van der Waals surface area contributed by atoms with Crippen LogP contribution in [0.2, 0.25) is 0 Å². The smallest absolute Gasteiger partial charge is 0.407 e. The molecule has 1 saturated carbocycles. The van der Waals surface area contributed by atoms with Gasteiger partial charge in [0, 0.05) is 25.0 Å². The molecule has 1 aliphatic carbocycles. The Balaban J connectivity index is 2.22. The van der Waals surface area contributed by atoms with E-state index in [1.54, 1.807) is 0 Å². The van der Waals surface area contributed by atoms with Crippen molar-refractivity contribution in [3.05, 3.63) is 0 Å². The van der Waals surface area contributed by atoms with Crippen LogP contribution in [0.25, 0.3) is 0 Å². The number of nitrogens with one attached hydrogen (secondary N) is 2. The van der Waals surface area contributed by atoms with Gasteiger partial charge in [-0.3, -0.25) is 0 Å². The van der Waals surface area contributed by atoms with Crippen LogP contribution < -0.4 is 10.6 Å². The standard InChI is InChI=1S/C13H23N3O2/c1-13(2,3)18-12(17)16-11-6-5-10(9-11)15-8-4-7-14/h10-11,15H,4-6,8-9H2,1-3H3,(H,16,17). The number of amides is 1. The number of ether oxygens (including phenoxy) is 1. The first-order valence-electron chi connectivity index (χ1n) is 6.50. The highest BCUT2D eigenvalue weighted by molar-refractivity contribution is 5.68. The summed E-state index contributed by atoms with van der Waals surface area (Å²) in [6.45, 7) is 6.29. The third-order valence-electron chi connectivity index (χ3n) is 2.82. The molecule has 2 unspecified atom stereocenters. The van der Waals surface area contributed by atoms with Crippen molar-refractivity contribution in [2.75, 3.05) is 6.54 Å². The fraction of sp³-hybridized carbons (Fsp3) is 0.846. The summed E-state index contributed by atoms with van der Waals surface area (Å²) in [4.78, 5) is 11.6. The maximum Gasteiger partial charge on any atom is 0.407 e. The molecule has 0 aromatic heterocycles. The van der Waals surface area contributed by atoms with E-state index in [1.807, 2.05) is 20.8 Å². The van der Waals surface area contributed by atoms with Crippen molar-refractivity contribution in [2.45, 2.75) is 64.1 Å². The molecule has 0 aliphatic heterocycles. The van der Waals surface area contributed by atoms with E-state index in [9.17, 15) is 4.79 Å². The van der Waals surface area contributed by atoms with Crippen LogP contribution in [0, 0.1) is 11.3 Å². The van der Waals surface area contributed by atoms with Gasteiger partial charge in [-0.25, -0.2) is 4.79 Å². The Kier molecular flexibility index (Phi) is 5.42. The first-order chi connectivity index (χ1) is 8.40. The van der Waals surface area contributed by atoms with Gasteiger partial charge in [-0.2, -0.15) is 5.26 Å². The zero-order valence-electron chi connectivity index (χ0n) is 11.5. The zero-order chi connectivity index (χ0) is 13.6. The summed E-state index contributed by atoms with van der Waals surface area (Å²) >= 11 is 0. The summed E-state index contributed by atoms with van der Waals surface area (Å²) in [6.07, 6.45) is 3.09. The fourth-order valence-electron chi connectivity index (χ4n) is 2.10. The highest BCUT2D eigenvalue weighted by atomic mass is 16.6. The Morgan fingerprint density at radius 3 is 2.67 bits per heavy atom.